The van der Waals surface area contributed by atoms with Crippen LogP contribution >= 0.6 is 23.2 Å². The second-order valence-electron chi connectivity index (χ2n) is 4.77. The van der Waals surface area contributed by atoms with Crippen LogP contribution in [0.2, 0.25) is 10.2 Å². The summed E-state index contributed by atoms with van der Waals surface area (Å²) in [5.74, 6) is 0. The molecule has 4 rings (SSSR count). The van der Waals surface area contributed by atoms with Crippen molar-refractivity contribution in [3.05, 3.63) is 63.3 Å². The van der Waals surface area contributed by atoms with E-state index in [2.05, 4.69) is 20.2 Å². The molecule has 3 aromatic heterocycles. The van der Waals surface area contributed by atoms with Gasteiger partial charge < -0.3 is 0 Å². The summed E-state index contributed by atoms with van der Waals surface area (Å²) in [6.45, 7) is 0. The Balaban J connectivity index is 2.29. The van der Waals surface area contributed by atoms with Crippen molar-refractivity contribution in [1.29, 1.82) is 0 Å². The van der Waals surface area contributed by atoms with E-state index >= 15 is 0 Å². The largest absolute Gasteiger partial charge is 0.315 e. The number of hydrogen-bond donors (Lipinski definition) is 0. The van der Waals surface area contributed by atoms with E-state index in [1.54, 1.807) is 30.3 Å². The Bertz CT molecular complexity index is 1130. The van der Waals surface area contributed by atoms with Gasteiger partial charge in [-0.15, -0.1) is 10.2 Å². The van der Waals surface area contributed by atoms with Gasteiger partial charge in [-0.3, -0.25) is 9.20 Å². The zero-order valence-electron chi connectivity index (χ0n) is 11.4. The highest BCUT2D eigenvalue weighted by Gasteiger charge is 2.15. The fourth-order valence-corrected chi connectivity index (χ4v) is 2.77. The van der Waals surface area contributed by atoms with Gasteiger partial charge in [-0.05, 0) is 18.2 Å². The summed E-state index contributed by atoms with van der Waals surface area (Å²) in [7, 11) is 0. The van der Waals surface area contributed by atoms with Crippen molar-refractivity contribution >= 4 is 39.9 Å². The first-order valence-corrected chi connectivity index (χ1v) is 7.36. The van der Waals surface area contributed by atoms with Crippen LogP contribution in [0.5, 0.6) is 0 Å². The lowest BCUT2D eigenvalue weighted by molar-refractivity contribution is 1.10. The Morgan fingerprint density at radius 3 is 2.65 bits per heavy atom. The number of aromatic nitrogens is 5. The molecule has 8 heteroatoms. The number of benzene rings is 1. The second-order valence-corrected chi connectivity index (χ2v) is 5.57. The summed E-state index contributed by atoms with van der Waals surface area (Å²) < 4.78 is 1.54. The quantitative estimate of drug-likeness (QED) is 0.496. The summed E-state index contributed by atoms with van der Waals surface area (Å²) in [5, 5.41) is 8.35. The number of halogens is 2. The number of rotatable bonds is 1. The van der Waals surface area contributed by atoms with E-state index in [0.717, 1.165) is 0 Å². The third-order valence-electron chi connectivity index (χ3n) is 3.41. The first-order valence-electron chi connectivity index (χ1n) is 6.60. The van der Waals surface area contributed by atoms with Crippen molar-refractivity contribution in [2.75, 3.05) is 0 Å². The van der Waals surface area contributed by atoms with Crippen molar-refractivity contribution in [3.63, 3.8) is 0 Å². The van der Waals surface area contributed by atoms with Crippen molar-refractivity contribution in [2.45, 2.75) is 0 Å². The van der Waals surface area contributed by atoms with E-state index < -0.39 is 5.56 Å². The lowest BCUT2D eigenvalue weighted by atomic mass is 10.1. The molecule has 0 N–H and O–H groups in total. The fraction of sp³-hybridized carbons (Fsp3) is 0. The molecule has 0 aliphatic rings. The van der Waals surface area contributed by atoms with Gasteiger partial charge in [0.15, 0.2) is 0 Å². The molecule has 0 aliphatic heterocycles. The molecule has 0 amide bonds. The third-order valence-corrected chi connectivity index (χ3v) is 3.95. The highest BCUT2D eigenvalue weighted by molar-refractivity contribution is 6.33. The SMILES string of the molecule is O=c1nc(-c2ccccc2Cl)c2nc(Cl)ccc2n2cnnc12. The molecular formula is C15H7Cl2N5O. The van der Waals surface area contributed by atoms with Gasteiger partial charge in [0.2, 0.25) is 5.65 Å². The molecule has 0 spiro atoms. The zero-order valence-corrected chi connectivity index (χ0v) is 13.0. The summed E-state index contributed by atoms with van der Waals surface area (Å²) in [5.41, 5.74) is 1.58. The van der Waals surface area contributed by atoms with Gasteiger partial charge in [0.1, 0.15) is 22.7 Å². The van der Waals surface area contributed by atoms with Crippen LogP contribution in [0.25, 0.3) is 27.9 Å². The maximum absolute atomic E-state index is 12.4. The molecule has 1 aromatic carbocycles. The topological polar surface area (TPSA) is 73.0 Å². The Labute approximate surface area is 139 Å². The summed E-state index contributed by atoms with van der Waals surface area (Å²) in [6.07, 6.45) is 1.44. The van der Waals surface area contributed by atoms with Crippen LogP contribution < -0.4 is 5.56 Å². The molecule has 112 valence electrons. The first-order chi connectivity index (χ1) is 11.1. The lowest BCUT2D eigenvalue weighted by Gasteiger charge is -2.04. The molecule has 23 heavy (non-hydrogen) atoms. The van der Waals surface area contributed by atoms with Crippen molar-refractivity contribution in [1.82, 2.24) is 24.6 Å². The van der Waals surface area contributed by atoms with Gasteiger partial charge in [0.05, 0.1) is 10.5 Å². The van der Waals surface area contributed by atoms with Gasteiger partial charge in [-0.1, -0.05) is 41.4 Å². The van der Waals surface area contributed by atoms with Crippen LogP contribution in [-0.4, -0.2) is 24.6 Å². The van der Waals surface area contributed by atoms with Crippen LogP contribution in [-0.2, 0) is 0 Å². The van der Waals surface area contributed by atoms with Gasteiger partial charge >= 0.3 is 5.56 Å². The van der Waals surface area contributed by atoms with Gasteiger partial charge in [0.25, 0.3) is 0 Å². The molecule has 0 radical (unpaired) electrons. The lowest BCUT2D eigenvalue weighted by Crippen LogP contribution is -2.05. The van der Waals surface area contributed by atoms with E-state index in [9.17, 15) is 4.79 Å². The minimum absolute atomic E-state index is 0.109. The molecule has 0 aliphatic carbocycles. The predicted octanol–water partition coefficient (Wildman–Crippen LogP) is 3.01. The summed E-state index contributed by atoms with van der Waals surface area (Å²) in [6, 6.07) is 10.5. The van der Waals surface area contributed by atoms with Gasteiger partial charge in [-0.2, -0.15) is 0 Å². The molecule has 4 aromatic rings. The minimum atomic E-state index is -0.522. The average molecular weight is 344 g/mol. The molecule has 0 bridgehead atoms. The Kier molecular flexibility index (Phi) is 3.21. The average Bonchev–Trinajstić information content (AvgIpc) is 2.99. The molecule has 0 atom stereocenters. The second kappa shape index (κ2) is 5.26. The smallest absolute Gasteiger partial charge is 0.275 e. The van der Waals surface area contributed by atoms with Crippen molar-refractivity contribution in [2.24, 2.45) is 0 Å². The van der Waals surface area contributed by atoms with E-state index in [1.165, 1.54) is 10.7 Å². The minimum Gasteiger partial charge on any atom is -0.275 e. The van der Waals surface area contributed by atoms with E-state index in [0.29, 0.717) is 27.3 Å². The van der Waals surface area contributed by atoms with Crippen LogP contribution in [0.4, 0.5) is 0 Å². The van der Waals surface area contributed by atoms with Gasteiger partial charge in [0, 0.05) is 5.56 Å². The Morgan fingerprint density at radius 2 is 1.83 bits per heavy atom. The Hall–Kier alpha value is -2.57. The highest BCUT2D eigenvalue weighted by Crippen LogP contribution is 2.30. The molecule has 6 nitrogen and oxygen atoms in total. The van der Waals surface area contributed by atoms with E-state index in [1.807, 2.05) is 6.07 Å². The monoisotopic (exact) mass is 343 g/mol. The van der Waals surface area contributed by atoms with E-state index in [4.69, 9.17) is 23.2 Å². The maximum atomic E-state index is 12.4. The van der Waals surface area contributed by atoms with Crippen LogP contribution in [0.15, 0.2) is 47.5 Å². The van der Waals surface area contributed by atoms with E-state index in [-0.39, 0.29) is 10.8 Å². The van der Waals surface area contributed by atoms with Crippen molar-refractivity contribution < 1.29 is 0 Å². The number of fused-ring (bicyclic) bond motifs is 3. The van der Waals surface area contributed by atoms with Crippen LogP contribution in [0.1, 0.15) is 0 Å². The van der Waals surface area contributed by atoms with Crippen molar-refractivity contribution in [3.8, 4) is 11.3 Å². The normalized spacial score (nSPS) is 11.2. The maximum Gasteiger partial charge on any atom is 0.315 e. The molecule has 0 saturated carbocycles. The predicted molar refractivity (Wildman–Crippen MR) is 87.8 cm³/mol. The number of pyridine rings is 1. The zero-order chi connectivity index (χ0) is 16.0. The summed E-state index contributed by atoms with van der Waals surface area (Å²) >= 11 is 12.3. The third kappa shape index (κ3) is 2.23. The fourth-order valence-electron chi connectivity index (χ4n) is 2.40. The molecule has 0 fully saturated rings. The molecule has 3 heterocycles. The van der Waals surface area contributed by atoms with Crippen LogP contribution in [0, 0.1) is 0 Å². The molecule has 0 saturated heterocycles. The highest BCUT2D eigenvalue weighted by atomic mass is 35.5. The Morgan fingerprint density at radius 1 is 1.00 bits per heavy atom. The first kappa shape index (κ1) is 14.0. The number of hydrogen-bond acceptors (Lipinski definition) is 5. The molecule has 0 unspecified atom stereocenters. The number of nitrogens with zero attached hydrogens (tertiary/aromatic N) is 5. The van der Waals surface area contributed by atoms with Gasteiger partial charge in [-0.25, -0.2) is 9.97 Å². The van der Waals surface area contributed by atoms with Crippen LogP contribution in [0.3, 0.4) is 0 Å². The molecular weight excluding hydrogens is 337 g/mol. The standard InChI is InChI=1S/C15H7Cl2N5O/c16-9-4-2-1-3-8(9)12-13-10(5-6-11(17)19-13)22-7-18-21-14(22)15(23)20-12/h1-7H. The summed E-state index contributed by atoms with van der Waals surface area (Å²) in [4.78, 5) is 20.9.